The highest BCUT2D eigenvalue weighted by molar-refractivity contribution is 4.66. The van der Waals surface area contributed by atoms with Crippen LogP contribution >= 0.6 is 0 Å². The lowest BCUT2D eigenvalue weighted by molar-refractivity contribution is -0.831. The topological polar surface area (TPSA) is 28.2 Å². The molecule has 0 bridgehead atoms. The number of hydrogen-bond acceptors (Lipinski definition) is 1. The van der Waals surface area contributed by atoms with Gasteiger partial charge in [-0.15, -0.1) is 0 Å². The Hall–Kier alpha value is -0.550. The summed E-state index contributed by atoms with van der Waals surface area (Å²) in [5.41, 5.74) is 0. The molecule has 1 unspecified atom stereocenters. The first-order valence-corrected chi connectivity index (χ1v) is 2.28. The molecule has 0 aliphatic carbocycles. The van der Waals surface area contributed by atoms with Crippen LogP contribution in [0.5, 0.6) is 0 Å². The molecule has 0 spiro atoms. The van der Waals surface area contributed by atoms with Crippen molar-refractivity contribution in [1.29, 1.82) is 5.26 Å². The van der Waals surface area contributed by atoms with E-state index in [4.69, 9.17) is 5.26 Å². The number of hydrogen-bond donors (Lipinski definition) is 1. The Labute approximate surface area is 44.4 Å². The van der Waals surface area contributed by atoms with Crippen LogP contribution in [0.25, 0.3) is 0 Å². The van der Waals surface area contributed by atoms with Gasteiger partial charge in [0.15, 0.2) is 0 Å². The van der Waals surface area contributed by atoms with E-state index < -0.39 is 0 Å². The summed E-state index contributed by atoms with van der Waals surface area (Å²) in [4.78, 5) is 1.08. The van der Waals surface area contributed by atoms with E-state index in [0.29, 0.717) is 6.42 Å². The van der Waals surface area contributed by atoms with E-state index in [1.807, 2.05) is 13.1 Å². The van der Waals surface area contributed by atoms with Gasteiger partial charge in [-0.25, -0.2) is 0 Å². The summed E-state index contributed by atoms with van der Waals surface area (Å²) in [6.45, 7) is 0.844. The second-order valence-corrected chi connectivity index (χ2v) is 1.62. The molecular weight excluding hydrogens is 88.1 g/mol. The maximum Gasteiger partial charge on any atom is 0.0821 e. The summed E-state index contributed by atoms with van der Waals surface area (Å²) in [7, 11) is 5.57. The fourth-order valence-corrected chi connectivity index (χ4v) is 0.269. The molecule has 1 atom stereocenters. The van der Waals surface area contributed by atoms with Crippen molar-refractivity contribution in [2.75, 3.05) is 13.6 Å². The van der Waals surface area contributed by atoms with Gasteiger partial charge in [0.25, 0.3) is 0 Å². The third-order valence-corrected chi connectivity index (χ3v) is 0.664. The van der Waals surface area contributed by atoms with Gasteiger partial charge in [0.1, 0.15) is 0 Å². The van der Waals surface area contributed by atoms with E-state index >= 15 is 0 Å². The molecule has 7 heavy (non-hydrogen) atoms. The first-order valence-electron chi connectivity index (χ1n) is 2.28. The Morgan fingerprint density at radius 3 is 2.57 bits per heavy atom. The first kappa shape index (κ1) is 6.45. The molecule has 40 valence electrons. The molecule has 0 saturated heterocycles. The zero-order chi connectivity index (χ0) is 5.70. The van der Waals surface area contributed by atoms with Crippen molar-refractivity contribution in [1.82, 2.24) is 0 Å². The Balaban J connectivity index is 2.86. The summed E-state index contributed by atoms with van der Waals surface area (Å²) in [6.07, 6.45) is 0.606. The van der Waals surface area contributed by atoms with E-state index in [-0.39, 0.29) is 0 Å². The highest BCUT2D eigenvalue weighted by atomic mass is 15.0. The quantitative estimate of drug-likeness (QED) is 0.450. The average Bonchev–Trinajstić information content (AvgIpc) is 1.61. The molecule has 0 heterocycles. The second-order valence-electron chi connectivity index (χ2n) is 1.62. The summed E-state index contributed by atoms with van der Waals surface area (Å²) < 4.78 is 0. The van der Waals surface area contributed by atoms with Gasteiger partial charge in [-0.1, -0.05) is 0 Å². The number of quaternary nitrogens is 1. The average molecular weight is 98.1 g/mol. The predicted molar refractivity (Wildman–Crippen MR) is 27.3 cm³/mol. The van der Waals surface area contributed by atoms with Crippen molar-refractivity contribution >= 4 is 0 Å². The molecule has 0 radical (unpaired) electrons. The lowest BCUT2D eigenvalue weighted by Crippen LogP contribution is -3.03. The highest BCUT2D eigenvalue weighted by Gasteiger charge is 1.81. The largest absolute Gasteiger partial charge is 0.469 e. The minimum atomic E-state index is 0.606. The van der Waals surface area contributed by atoms with Crippen LogP contribution < -0.4 is 4.90 Å². The summed E-state index contributed by atoms with van der Waals surface area (Å²) in [5.74, 6) is 0. The highest BCUT2D eigenvalue weighted by Crippen LogP contribution is 1.60. The molecule has 0 aromatic carbocycles. The van der Waals surface area contributed by atoms with Crippen LogP contribution in [0.4, 0.5) is 0 Å². The Morgan fingerprint density at radius 1 is 1.86 bits per heavy atom. The van der Waals surface area contributed by atoms with Gasteiger partial charge >= 0.3 is 0 Å². The zero-order valence-corrected chi connectivity index (χ0v) is 4.57. The molecule has 0 rings (SSSR count). The second kappa shape index (κ2) is 3.63. The molecule has 2 nitrogen and oxygen atoms in total. The normalized spacial score (nSPS) is 12.7. The summed E-state index contributed by atoms with van der Waals surface area (Å²) >= 11 is 0. The lowest BCUT2D eigenvalue weighted by atomic mass is 10.4. The molecule has 1 N–H and O–H groups in total. The minimum absolute atomic E-state index is 0.606. The van der Waals surface area contributed by atoms with Crippen molar-refractivity contribution in [3.05, 3.63) is 7.05 Å². The van der Waals surface area contributed by atoms with Crippen LogP contribution in [0.2, 0.25) is 0 Å². The van der Waals surface area contributed by atoms with E-state index in [2.05, 4.69) is 7.05 Å². The van der Waals surface area contributed by atoms with Crippen molar-refractivity contribution in [2.24, 2.45) is 0 Å². The van der Waals surface area contributed by atoms with Crippen molar-refractivity contribution < 1.29 is 4.90 Å². The summed E-state index contributed by atoms with van der Waals surface area (Å²) in [6, 6.07) is 2.04. The predicted octanol–water partition coefficient (Wildman–Crippen LogP) is -0.794. The minimum Gasteiger partial charge on any atom is -0.469 e. The Bertz CT molecular complexity index is 70.6. The number of nitrogens with one attached hydrogen (secondary N) is 1. The molecule has 0 aromatic heterocycles. The van der Waals surface area contributed by atoms with Gasteiger partial charge in [0, 0.05) is 7.05 Å². The van der Waals surface area contributed by atoms with Gasteiger partial charge < -0.3 is 4.90 Å². The maximum atomic E-state index is 8.02. The number of rotatable bonds is 2. The SMILES string of the molecule is [CH2-][NH+](C)CCC#N. The molecule has 0 saturated carbocycles. The molecule has 0 aromatic rings. The third-order valence-electron chi connectivity index (χ3n) is 0.664. The van der Waals surface area contributed by atoms with Crippen molar-refractivity contribution in [3.63, 3.8) is 0 Å². The maximum absolute atomic E-state index is 8.02. The van der Waals surface area contributed by atoms with Crippen molar-refractivity contribution in [3.8, 4) is 6.07 Å². The molecular formula is C5H10N2. The number of nitriles is 1. The van der Waals surface area contributed by atoms with Crippen LogP contribution in [-0.4, -0.2) is 13.6 Å². The molecule has 0 aliphatic rings. The van der Waals surface area contributed by atoms with Crippen LogP contribution in [0.1, 0.15) is 6.42 Å². The molecule has 0 amide bonds. The number of nitrogens with zero attached hydrogens (tertiary/aromatic N) is 1. The van der Waals surface area contributed by atoms with Gasteiger partial charge in [-0.05, 0) is 0 Å². The van der Waals surface area contributed by atoms with Gasteiger partial charge in [-0.2, -0.15) is 12.3 Å². The van der Waals surface area contributed by atoms with Crippen LogP contribution in [0.3, 0.4) is 0 Å². The zero-order valence-electron chi connectivity index (χ0n) is 4.57. The van der Waals surface area contributed by atoms with Crippen LogP contribution in [-0.2, 0) is 0 Å². The van der Waals surface area contributed by atoms with Gasteiger partial charge in [-0.3, -0.25) is 0 Å². The van der Waals surface area contributed by atoms with Crippen LogP contribution in [0.15, 0.2) is 0 Å². The fourth-order valence-electron chi connectivity index (χ4n) is 0.269. The van der Waals surface area contributed by atoms with Gasteiger partial charge in [0.2, 0.25) is 0 Å². The van der Waals surface area contributed by atoms with Crippen molar-refractivity contribution in [2.45, 2.75) is 6.42 Å². The third kappa shape index (κ3) is 5.45. The monoisotopic (exact) mass is 98.1 g/mol. The van der Waals surface area contributed by atoms with E-state index in [0.717, 1.165) is 11.4 Å². The fraction of sp³-hybridized carbons (Fsp3) is 0.600. The summed E-state index contributed by atoms with van der Waals surface area (Å²) in [5, 5.41) is 8.02. The standard InChI is InChI=1S/C5H10N2/c1-7(2)5-3-4-6/h7H,1,3,5H2,2H3. The van der Waals surface area contributed by atoms with E-state index in [1.54, 1.807) is 0 Å². The van der Waals surface area contributed by atoms with E-state index in [9.17, 15) is 0 Å². The smallest absolute Gasteiger partial charge is 0.0821 e. The first-order chi connectivity index (χ1) is 3.27. The Kier molecular flexibility index (Phi) is 3.35. The molecule has 0 fully saturated rings. The lowest BCUT2D eigenvalue weighted by Gasteiger charge is -2.09. The Morgan fingerprint density at radius 2 is 2.43 bits per heavy atom. The van der Waals surface area contributed by atoms with E-state index in [1.165, 1.54) is 0 Å². The van der Waals surface area contributed by atoms with Crippen LogP contribution in [0, 0.1) is 18.4 Å². The molecule has 2 heteroatoms. The van der Waals surface area contributed by atoms with Gasteiger partial charge in [0.05, 0.1) is 19.0 Å². The molecule has 0 aliphatic heterocycles.